The first kappa shape index (κ1) is 21.1. The summed E-state index contributed by atoms with van der Waals surface area (Å²) in [7, 11) is 0. The Kier molecular flexibility index (Phi) is 6.77. The molecule has 0 aliphatic carbocycles. The first-order valence-corrected chi connectivity index (χ1v) is 10.5. The quantitative estimate of drug-likeness (QED) is 0.345. The lowest BCUT2D eigenvalue weighted by Gasteiger charge is -2.17. The summed E-state index contributed by atoms with van der Waals surface area (Å²) in [6.07, 6.45) is 0.977. The van der Waals surface area contributed by atoms with E-state index in [1.165, 1.54) is 11.8 Å². The number of hydrogen-bond acceptors (Lipinski definition) is 5. The fourth-order valence-electron chi connectivity index (χ4n) is 3.09. The average molecular weight is 411 g/mol. The molecule has 0 fully saturated rings. The second kappa shape index (κ2) is 9.29. The number of para-hydroxylation sites is 1. The number of thioether (sulfide) groups is 1. The Morgan fingerprint density at radius 3 is 2.69 bits per heavy atom. The summed E-state index contributed by atoms with van der Waals surface area (Å²) in [6.45, 7) is 10.3. The van der Waals surface area contributed by atoms with Crippen molar-refractivity contribution in [3.05, 3.63) is 76.1 Å². The maximum Gasteiger partial charge on any atom is 0.262 e. The maximum absolute atomic E-state index is 12.8. The second-order valence-corrected chi connectivity index (χ2v) is 8.03. The predicted molar refractivity (Wildman–Crippen MR) is 119 cm³/mol. The molecule has 0 saturated carbocycles. The largest absolute Gasteiger partial charge is 0.490 e. The van der Waals surface area contributed by atoms with Crippen LogP contribution in [0.3, 0.4) is 0 Å². The highest BCUT2D eigenvalue weighted by Gasteiger charge is 2.14. The van der Waals surface area contributed by atoms with Crippen molar-refractivity contribution in [2.45, 2.75) is 38.6 Å². The van der Waals surface area contributed by atoms with Gasteiger partial charge >= 0.3 is 0 Å². The summed E-state index contributed by atoms with van der Waals surface area (Å²) in [5, 5.41) is 11.6. The molecule has 0 aliphatic heterocycles. The van der Waals surface area contributed by atoms with Crippen LogP contribution >= 0.6 is 11.8 Å². The standard InChI is InChI=1S/C23H26N2O3S/c1-5-12-25-22(27)19-8-6-7-9-20(19)24-23(25)29-14-18(26)13-28-21-16(3)11-10-15(2)17(21)4/h5-11,18,26H,1,12-14H2,2-4H3/t18-/m1/s1. The van der Waals surface area contributed by atoms with E-state index in [0.717, 1.165) is 22.4 Å². The minimum absolute atomic E-state index is 0.102. The van der Waals surface area contributed by atoms with Crippen molar-refractivity contribution in [2.75, 3.05) is 12.4 Å². The molecular formula is C23H26N2O3S. The molecule has 3 aromatic rings. The lowest BCUT2D eigenvalue weighted by molar-refractivity contribution is 0.125. The first-order valence-electron chi connectivity index (χ1n) is 9.53. The summed E-state index contributed by atoms with van der Waals surface area (Å²) in [5.41, 5.74) is 3.83. The molecule has 1 aromatic heterocycles. The fraction of sp³-hybridized carbons (Fsp3) is 0.304. The van der Waals surface area contributed by atoms with Gasteiger partial charge < -0.3 is 9.84 Å². The molecule has 0 spiro atoms. The molecule has 0 unspecified atom stereocenters. The van der Waals surface area contributed by atoms with E-state index in [0.29, 0.717) is 28.4 Å². The normalized spacial score (nSPS) is 12.1. The zero-order valence-corrected chi connectivity index (χ0v) is 17.8. The van der Waals surface area contributed by atoms with Gasteiger partial charge in [0.05, 0.1) is 17.0 Å². The van der Waals surface area contributed by atoms with Gasteiger partial charge in [0.15, 0.2) is 5.16 Å². The number of allylic oxidation sites excluding steroid dienone is 1. The van der Waals surface area contributed by atoms with Crippen molar-refractivity contribution in [1.29, 1.82) is 0 Å². The average Bonchev–Trinajstić information content (AvgIpc) is 2.71. The van der Waals surface area contributed by atoms with E-state index in [-0.39, 0.29) is 12.2 Å². The molecule has 1 N–H and O–H groups in total. The Balaban J connectivity index is 1.73. The molecule has 0 amide bonds. The molecule has 5 nitrogen and oxygen atoms in total. The van der Waals surface area contributed by atoms with Crippen molar-refractivity contribution in [3.63, 3.8) is 0 Å². The molecule has 0 bridgehead atoms. The molecule has 29 heavy (non-hydrogen) atoms. The Morgan fingerprint density at radius 1 is 1.21 bits per heavy atom. The molecule has 2 aromatic carbocycles. The highest BCUT2D eigenvalue weighted by atomic mass is 32.2. The van der Waals surface area contributed by atoms with Gasteiger partial charge in [0, 0.05) is 12.3 Å². The van der Waals surface area contributed by atoms with E-state index in [9.17, 15) is 9.90 Å². The van der Waals surface area contributed by atoms with Crippen molar-refractivity contribution in [1.82, 2.24) is 9.55 Å². The van der Waals surface area contributed by atoms with Crippen LogP contribution in [-0.4, -0.2) is 33.1 Å². The van der Waals surface area contributed by atoms with Crippen molar-refractivity contribution < 1.29 is 9.84 Å². The van der Waals surface area contributed by atoms with Gasteiger partial charge in [-0.05, 0) is 49.6 Å². The second-order valence-electron chi connectivity index (χ2n) is 7.05. The highest BCUT2D eigenvalue weighted by molar-refractivity contribution is 7.99. The third-order valence-electron chi connectivity index (χ3n) is 4.84. The number of aromatic nitrogens is 2. The molecule has 0 saturated heterocycles. The monoisotopic (exact) mass is 410 g/mol. The van der Waals surface area contributed by atoms with Crippen LogP contribution in [0, 0.1) is 20.8 Å². The molecule has 3 rings (SSSR count). The van der Waals surface area contributed by atoms with Crippen LogP contribution in [0.1, 0.15) is 16.7 Å². The maximum atomic E-state index is 12.8. The summed E-state index contributed by atoms with van der Waals surface area (Å²) >= 11 is 1.34. The topological polar surface area (TPSA) is 64.3 Å². The highest BCUT2D eigenvalue weighted by Crippen LogP contribution is 2.26. The van der Waals surface area contributed by atoms with Crippen molar-refractivity contribution >= 4 is 22.7 Å². The minimum atomic E-state index is -0.695. The Bertz CT molecular complexity index is 1090. The van der Waals surface area contributed by atoms with Crippen LogP contribution in [0.15, 0.2) is 59.0 Å². The van der Waals surface area contributed by atoms with Crippen LogP contribution in [0.5, 0.6) is 5.75 Å². The van der Waals surface area contributed by atoms with E-state index in [2.05, 4.69) is 17.6 Å². The fourth-order valence-corrected chi connectivity index (χ4v) is 4.01. The summed E-state index contributed by atoms with van der Waals surface area (Å²) in [5.74, 6) is 1.19. The Hall–Kier alpha value is -2.57. The van der Waals surface area contributed by atoms with Gasteiger partial charge in [-0.25, -0.2) is 4.98 Å². The number of ether oxygens (including phenoxy) is 1. The number of benzene rings is 2. The number of nitrogens with zero attached hydrogens (tertiary/aromatic N) is 2. The van der Waals surface area contributed by atoms with E-state index in [4.69, 9.17) is 4.74 Å². The smallest absolute Gasteiger partial charge is 0.262 e. The lowest BCUT2D eigenvalue weighted by Crippen LogP contribution is -2.25. The van der Waals surface area contributed by atoms with E-state index < -0.39 is 6.10 Å². The van der Waals surface area contributed by atoms with E-state index in [1.807, 2.05) is 45.0 Å². The van der Waals surface area contributed by atoms with Gasteiger partial charge in [0.2, 0.25) is 0 Å². The van der Waals surface area contributed by atoms with Crippen LogP contribution in [0.25, 0.3) is 10.9 Å². The molecule has 0 radical (unpaired) electrons. The van der Waals surface area contributed by atoms with Gasteiger partial charge in [-0.3, -0.25) is 9.36 Å². The van der Waals surface area contributed by atoms with Gasteiger partial charge in [-0.1, -0.05) is 42.1 Å². The van der Waals surface area contributed by atoms with Gasteiger partial charge in [0.1, 0.15) is 12.4 Å². The van der Waals surface area contributed by atoms with E-state index in [1.54, 1.807) is 16.7 Å². The zero-order valence-electron chi connectivity index (χ0n) is 17.0. The molecule has 1 heterocycles. The number of aryl methyl sites for hydroxylation is 2. The molecule has 0 aliphatic rings. The third-order valence-corrected chi connectivity index (χ3v) is 5.96. The number of rotatable bonds is 8. The SMILES string of the molecule is C=CCn1c(SC[C@H](O)COc2c(C)ccc(C)c2C)nc2ccccc2c1=O. The van der Waals surface area contributed by atoms with Gasteiger partial charge in [-0.15, -0.1) is 6.58 Å². The van der Waals surface area contributed by atoms with Crippen LogP contribution in [-0.2, 0) is 6.54 Å². The Labute approximate surface area is 175 Å². The first-order chi connectivity index (χ1) is 13.9. The minimum Gasteiger partial charge on any atom is -0.490 e. The van der Waals surface area contributed by atoms with Crippen molar-refractivity contribution in [3.8, 4) is 5.75 Å². The lowest BCUT2D eigenvalue weighted by atomic mass is 10.1. The summed E-state index contributed by atoms with van der Waals surface area (Å²) < 4.78 is 7.49. The van der Waals surface area contributed by atoms with Gasteiger partial charge in [-0.2, -0.15) is 0 Å². The van der Waals surface area contributed by atoms with E-state index >= 15 is 0 Å². The molecule has 6 heteroatoms. The predicted octanol–water partition coefficient (Wildman–Crippen LogP) is 4.04. The molecule has 152 valence electrons. The summed E-state index contributed by atoms with van der Waals surface area (Å²) in [6, 6.07) is 11.4. The number of hydrogen-bond donors (Lipinski definition) is 1. The molecule has 1 atom stereocenters. The number of aliphatic hydroxyl groups is 1. The van der Waals surface area contributed by atoms with Crippen molar-refractivity contribution in [2.24, 2.45) is 0 Å². The third kappa shape index (κ3) is 4.71. The number of aliphatic hydroxyl groups excluding tert-OH is 1. The van der Waals surface area contributed by atoms with Gasteiger partial charge in [0.25, 0.3) is 5.56 Å². The summed E-state index contributed by atoms with van der Waals surface area (Å²) in [4.78, 5) is 17.4. The van der Waals surface area contributed by atoms with Crippen LogP contribution in [0.4, 0.5) is 0 Å². The number of fused-ring (bicyclic) bond motifs is 1. The van der Waals surface area contributed by atoms with Crippen LogP contribution < -0.4 is 10.3 Å². The Morgan fingerprint density at radius 2 is 1.93 bits per heavy atom. The zero-order chi connectivity index (χ0) is 21.0. The molecular weight excluding hydrogens is 384 g/mol. The van der Waals surface area contributed by atoms with Crippen LogP contribution in [0.2, 0.25) is 0 Å².